The summed E-state index contributed by atoms with van der Waals surface area (Å²) in [4.78, 5) is 17.2. The fourth-order valence-corrected chi connectivity index (χ4v) is 5.85. The molecule has 0 N–H and O–H groups in total. The molecule has 1 heterocycles. The molecule has 0 aromatic heterocycles. The first-order valence-electron chi connectivity index (χ1n) is 10.5. The van der Waals surface area contributed by atoms with Crippen molar-refractivity contribution in [2.45, 2.75) is 97.2 Å². The number of piperazine rings is 1. The van der Waals surface area contributed by atoms with Gasteiger partial charge < -0.3 is 4.90 Å². The van der Waals surface area contributed by atoms with E-state index in [2.05, 4.69) is 30.6 Å². The lowest BCUT2D eigenvalue weighted by Gasteiger charge is -2.53. The second kappa shape index (κ2) is 7.76. The van der Waals surface area contributed by atoms with Crippen LogP contribution in [0.5, 0.6) is 0 Å². The minimum atomic E-state index is 0.288. The van der Waals surface area contributed by atoms with Gasteiger partial charge in [0.1, 0.15) is 0 Å². The van der Waals surface area contributed by atoms with Gasteiger partial charge in [0.05, 0.1) is 0 Å². The number of hydrogen-bond acceptors (Lipinski definition) is 2. The Bertz CT molecular complexity index is 428. The van der Waals surface area contributed by atoms with Crippen molar-refractivity contribution in [3.63, 3.8) is 0 Å². The Kier molecular flexibility index (Phi) is 5.89. The summed E-state index contributed by atoms with van der Waals surface area (Å²) in [6.45, 7) is 11.2. The molecule has 1 aliphatic heterocycles. The molecule has 1 amide bonds. The summed E-state index contributed by atoms with van der Waals surface area (Å²) in [5.74, 6) is 2.99. The normalized spacial score (nSPS) is 38.2. The molecule has 0 aromatic rings. The Hall–Kier alpha value is -0.570. The van der Waals surface area contributed by atoms with Crippen molar-refractivity contribution < 1.29 is 4.79 Å². The third-order valence-electron chi connectivity index (χ3n) is 7.18. The minimum Gasteiger partial charge on any atom is -0.334 e. The van der Waals surface area contributed by atoms with E-state index in [1.54, 1.807) is 6.92 Å². The predicted molar refractivity (Wildman–Crippen MR) is 99.9 cm³/mol. The van der Waals surface area contributed by atoms with E-state index >= 15 is 0 Å². The molecule has 3 rings (SSSR count). The van der Waals surface area contributed by atoms with Gasteiger partial charge >= 0.3 is 0 Å². The SMILES string of the molecule is CC(=O)N1C2CCCCC2N(CC2CCC(C(C)C)CC2)C[C@@H]1C. The Morgan fingerprint density at radius 2 is 1.62 bits per heavy atom. The van der Waals surface area contributed by atoms with E-state index < -0.39 is 0 Å². The Balaban J connectivity index is 1.62. The molecule has 2 saturated carbocycles. The Morgan fingerprint density at radius 3 is 2.21 bits per heavy atom. The highest BCUT2D eigenvalue weighted by atomic mass is 16.2. The van der Waals surface area contributed by atoms with Crippen LogP contribution in [0.25, 0.3) is 0 Å². The molecule has 138 valence electrons. The molecule has 0 radical (unpaired) electrons. The van der Waals surface area contributed by atoms with E-state index in [9.17, 15) is 4.79 Å². The average Bonchev–Trinajstić information content (AvgIpc) is 2.55. The maximum absolute atomic E-state index is 12.2. The van der Waals surface area contributed by atoms with Crippen LogP contribution in [-0.2, 0) is 4.79 Å². The largest absolute Gasteiger partial charge is 0.334 e. The first-order valence-corrected chi connectivity index (χ1v) is 10.5. The average molecular weight is 335 g/mol. The number of fused-ring (bicyclic) bond motifs is 1. The van der Waals surface area contributed by atoms with Crippen molar-refractivity contribution in [2.24, 2.45) is 17.8 Å². The quantitative estimate of drug-likeness (QED) is 0.768. The molecule has 3 heteroatoms. The molecule has 0 spiro atoms. The molecule has 3 aliphatic rings. The van der Waals surface area contributed by atoms with E-state index in [0.717, 1.165) is 24.3 Å². The molecule has 1 saturated heterocycles. The van der Waals surface area contributed by atoms with Gasteiger partial charge in [-0.3, -0.25) is 9.69 Å². The molecule has 2 aliphatic carbocycles. The molecule has 3 fully saturated rings. The fraction of sp³-hybridized carbons (Fsp3) is 0.952. The lowest BCUT2D eigenvalue weighted by Crippen LogP contribution is -2.65. The monoisotopic (exact) mass is 334 g/mol. The van der Waals surface area contributed by atoms with Crippen LogP contribution in [0.2, 0.25) is 0 Å². The minimum absolute atomic E-state index is 0.288. The lowest BCUT2D eigenvalue weighted by atomic mass is 9.76. The van der Waals surface area contributed by atoms with Crippen LogP contribution in [0.4, 0.5) is 0 Å². The summed E-state index contributed by atoms with van der Waals surface area (Å²) in [6, 6.07) is 1.49. The zero-order valence-electron chi connectivity index (χ0n) is 16.3. The fourth-order valence-electron chi connectivity index (χ4n) is 5.85. The summed E-state index contributed by atoms with van der Waals surface area (Å²) < 4.78 is 0. The summed E-state index contributed by atoms with van der Waals surface area (Å²) in [5.41, 5.74) is 0. The van der Waals surface area contributed by atoms with Crippen molar-refractivity contribution >= 4 is 5.91 Å². The van der Waals surface area contributed by atoms with Crippen LogP contribution in [0.3, 0.4) is 0 Å². The van der Waals surface area contributed by atoms with Crippen molar-refractivity contribution in [2.75, 3.05) is 13.1 Å². The molecule has 0 aromatic carbocycles. The third kappa shape index (κ3) is 3.81. The van der Waals surface area contributed by atoms with E-state index in [1.165, 1.54) is 57.9 Å². The maximum atomic E-state index is 12.2. The van der Waals surface area contributed by atoms with Gasteiger partial charge in [0, 0.05) is 38.1 Å². The van der Waals surface area contributed by atoms with Gasteiger partial charge in [-0.15, -0.1) is 0 Å². The predicted octanol–water partition coefficient (Wildman–Crippen LogP) is 4.31. The van der Waals surface area contributed by atoms with E-state index in [1.807, 2.05) is 0 Å². The van der Waals surface area contributed by atoms with Gasteiger partial charge in [-0.2, -0.15) is 0 Å². The highest BCUT2D eigenvalue weighted by molar-refractivity contribution is 5.74. The smallest absolute Gasteiger partial charge is 0.220 e. The highest BCUT2D eigenvalue weighted by Gasteiger charge is 2.42. The van der Waals surface area contributed by atoms with Gasteiger partial charge in [0.25, 0.3) is 0 Å². The lowest BCUT2D eigenvalue weighted by molar-refractivity contribution is -0.142. The van der Waals surface area contributed by atoms with E-state index in [-0.39, 0.29) is 5.91 Å². The molecule has 2 unspecified atom stereocenters. The second-order valence-corrected chi connectivity index (χ2v) is 9.17. The first kappa shape index (κ1) is 18.2. The van der Waals surface area contributed by atoms with E-state index in [4.69, 9.17) is 0 Å². The van der Waals surface area contributed by atoms with Crippen LogP contribution in [-0.4, -0.2) is 46.9 Å². The second-order valence-electron chi connectivity index (χ2n) is 9.17. The van der Waals surface area contributed by atoms with Crippen LogP contribution in [0.1, 0.15) is 79.1 Å². The number of nitrogens with zero attached hydrogens (tertiary/aromatic N) is 2. The first-order chi connectivity index (χ1) is 11.5. The van der Waals surface area contributed by atoms with Crippen molar-refractivity contribution in [3.05, 3.63) is 0 Å². The summed E-state index contributed by atoms with van der Waals surface area (Å²) in [6.07, 6.45) is 10.8. The Labute approximate surface area is 149 Å². The highest BCUT2D eigenvalue weighted by Crippen LogP contribution is 2.37. The third-order valence-corrected chi connectivity index (χ3v) is 7.18. The van der Waals surface area contributed by atoms with Gasteiger partial charge in [0.2, 0.25) is 5.91 Å². The summed E-state index contributed by atoms with van der Waals surface area (Å²) >= 11 is 0. The van der Waals surface area contributed by atoms with Crippen LogP contribution in [0, 0.1) is 17.8 Å². The molecule has 0 bridgehead atoms. The number of amides is 1. The topological polar surface area (TPSA) is 23.6 Å². The van der Waals surface area contributed by atoms with Gasteiger partial charge in [-0.25, -0.2) is 0 Å². The van der Waals surface area contributed by atoms with E-state index in [0.29, 0.717) is 18.1 Å². The van der Waals surface area contributed by atoms with Gasteiger partial charge in [-0.05, 0) is 63.2 Å². The summed E-state index contributed by atoms with van der Waals surface area (Å²) in [7, 11) is 0. The molecule has 3 nitrogen and oxygen atoms in total. The molecular formula is C21H38N2O. The van der Waals surface area contributed by atoms with Gasteiger partial charge in [0.15, 0.2) is 0 Å². The molecular weight excluding hydrogens is 296 g/mol. The molecule has 24 heavy (non-hydrogen) atoms. The van der Waals surface area contributed by atoms with Gasteiger partial charge in [-0.1, -0.05) is 26.7 Å². The van der Waals surface area contributed by atoms with Crippen LogP contribution in [0.15, 0.2) is 0 Å². The molecule has 3 atom stereocenters. The Morgan fingerprint density at radius 1 is 1.00 bits per heavy atom. The van der Waals surface area contributed by atoms with Crippen molar-refractivity contribution in [1.29, 1.82) is 0 Å². The number of carbonyl (C=O) groups excluding carboxylic acids is 1. The van der Waals surface area contributed by atoms with Crippen LogP contribution >= 0.6 is 0 Å². The van der Waals surface area contributed by atoms with Crippen LogP contribution < -0.4 is 0 Å². The number of hydrogen-bond donors (Lipinski definition) is 0. The van der Waals surface area contributed by atoms with Crippen molar-refractivity contribution in [1.82, 2.24) is 9.80 Å². The standard InChI is InChI=1S/C21H38N2O/c1-15(2)19-11-9-18(10-12-19)14-22-13-16(3)23(17(4)24)21-8-6-5-7-20(21)22/h15-16,18-21H,5-14H2,1-4H3/t16-,18?,19?,20?,21?/m0/s1. The summed E-state index contributed by atoms with van der Waals surface area (Å²) in [5, 5.41) is 0. The van der Waals surface area contributed by atoms with Crippen molar-refractivity contribution in [3.8, 4) is 0 Å². The number of carbonyl (C=O) groups is 1. The zero-order valence-corrected chi connectivity index (χ0v) is 16.3. The number of rotatable bonds is 3. The zero-order chi connectivity index (χ0) is 17.3. The maximum Gasteiger partial charge on any atom is 0.220 e.